The molecule has 1 aliphatic rings. The first-order chi connectivity index (χ1) is 11.7. The van der Waals surface area contributed by atoms with E-state index in [0.29, 0.717) is 13.0 Å². The average molecular weight is 463 g/mol. The number of aliphatic imine (C=N–C) groups is 1. The quantitative estimate of drug-likeness (QED) is 0.368. The second-order valence-electron chi connectivity index (χ2n) is 6.04. The van der Waals surface area contributed by atoms with Gasteiger partial charge in [-0.2, -0.15) is 0 Å². The van der Waals surface area contributed by atoms with Crippen LogP contribution in [0, 0.1) is 5.82 Å². The van der Waals surface area contributed by atoms with E-state index < -0.39 is 0 Å². The molecule has 25 heavy (non-hydrogen) atoms. The minimum absolute atomic E-state index is 0. The molecule has 0 radical (unpaired) electrons. The maximum atomic E-state index is 13.6. The van der Waals surface area contributed by atoms with E-state index >= 15 is 0 Å². The van der Waals surface area contributed by atoms with Crippen LogP contribution in [0.25, 0.3) is 0 Å². The summed E-state index contributed by atoms with van der Waals surface area (Å²) in [5, 5.41) is 6.58. The molecule has 0 aromatic heterocycles. The van der Waals surface area contributed by atoms with Crippen LogP contribution in [0.4, 0.5) is 4.39 Å². The second kappa shape index (κ2) is 12.4. The summed E-state index contributed by atoms with van der Waals surface area (Å²) in [6, 6.07) is 6.90. The fourth-order valence-corrected chi connectivity index (χ4v) is 2.90. The molecule has 0 spiro atoms. The van der Waals surface area contributed by atoms with Gasteiger partial charge in [-0.15, -0.1) is 24.0 Å². The van der Waals surface area contributed by atoms with E-state index in [1.165, 1.54) is 6.07 Å². The van der Waals surface area contributed by atoms with Crippen LogP contribution >= 0.6 is 24.0 Å². The molecule has 1 saturated heterocycles. The van der Waals surface area contributed by atoms with Crippen LogP contribution < -0.4 is 10.6 Å². The van der Waals surface area contributed by atoms with Gasteiger partial charge in [0.05, 0.1) is 0 Å². The molecule has 1 aliphatic heterocycles. The molecule has 7 heteroatoms. The number of piperazine rings is 1. The Kier molecular flexibility index (Phi) is 11.0. The smallest absolute Gasteiger partial charge is 0.191 e. The standard InChI is InChI=1S/C18H30FN5.HI/c1-3-23-12-14-24(15-13-23)11-10-22-18(20-2)21-9-8-16-6-4-5-7-17(16)19;/h4-7H,3,8-15H2,1-2H3,(H2,20,21,22);1H. The maximum Gasteiger partial charge on any atom is 0.191 e. The van der Waals surface area contributed by atoms with Gasteiger partial charge in [0.2, 0.25) is 0 Å². The Morgan fingerprint density at radius 2 is 1.72 bits per heavy atom. The Balaban J connectivity index is 0.00000312. The normalized spacial score (nSPS) is 16.4. The fourth-order valence-electron chi connectivity index (χ4n) is 2.90. The van der Waals surface area contributed by atoms with Gasteiger partial charge in [-0.25, -0.2) is 4.39 Å². The highest BCUT2D eigenvalue weighted by Gasteiger charge is 2.14. The van der Waals surface area contributed by atoms with Crippen molar-refractivity contribution in [3.63, 3.8) is 0 Å². The van der Waals surface area contributed by atoms with Crippen LogP contribution in [-0.2, 0) is 6.42 Å². The van der Waals surface area contributed by atoms with Crippen molar-refractivity contribution >= 4 is 29.9 Å². The van der Waals surface area contributed by atoms with Crippen molar-refractivity contribution in [3.05, 3.63) is 35.6 Å². The molecule has 0 amide bonds. The predicted molar refractivity (Wildman–Crippen MR) is 113 cm³/mol. The van der Waals surface area contributed by atoms with Crippen LogP contribution in [0.15, 0.2) is 29.3 Å². The van der Waals surface area contributed by atoms with E-state index in [-0.39, 0.29) is 29.8 Å². The number of hydrogen-bond donors (Lipinski definition) is 2. The molecule has 1 aromatic rings. The molecule has 2 N–H and O–H groups in total. The highest BCUT2D eigenvalue weighted by atomic mass is 127. The third-order valence-electron chi connectivity index (χ3n) is 4.50. The third-order valence-corrected chi connectivity index (χ3v) is 4.50. The number of halogens is 2. The largest absolute Gasteiger partial charge is 0.356 e. The van der Waals surface area contributed by atoms with E-state index in [1.54, 1.807) is 13.1 Å². The molecule has 0 aliphatic carbocycles. The third kappa shape index (κ3) is 7.87. The summed E-state index contributed by atoms with van der Waals surface area (Å²) in [6.07, 6.45) is 0.645. The number of benzene rings is 1. The van der Waals surface area contributed by atoms with Gasteiger partial charge in [0.1, 0.15) is 5.82 Å². The second-order valence-corrected chi connectivity index (χ2v) is 6.04. The lowest BCUT2D eigenvalue weighted by Crippen LogP contribution is -2.49. The number of nitrogens with zero attached hydrogens (tertiary/aromatic N) is 3. The van der Waals surface area contributed by atoms with Crippen molar-refractivity contribution in [1.29, 1.82) is 0 Å². The van der Waals surface area contributed by atoms with Gasteiger partial charge in [0, 0.05) is 52.9 Å². The van der Waals surface area contributed by atoms with Crippen LogP contribution in [0.3, 0.4) is 0 Å². The number of likely N-dealkylation sites (N-methyl/N-ethyl adjacent to an activating group) is 1. The lowest BCUT2D eigenvalue weighted by molar-refractivity contribution is 0.139. The molecular weight excluding hydrogens is 432 g/mol. The van der Waals surface area contributed by atoms with Gasteiger partial charge in [0.15, 0.2) is 5.96 Å². The summed E-state index contributed by atoms with van der Waals surface area (Å²) in [5.41, 5.74) is 0.731. The molecule has 0 bridgehead atoms. The highest BCUT2D eigenvalue weighted by Crippen LogP contribution is 2.06. The molecule has 5 nitrogen and oxygen atoms in total. The Bertz CT molecular complexity index is 518. The summed E-state index contributed by atoms with van der Waals surface area (Å²) >= 11 is 0. The first kappa shape index (κ1) is 22.1. The topological polar surface area (TPSA) is 42.9 Å². The Morgan fingerprint density at radius 3 is 2.36 bits per heavy atom. The SMILES string of the molecule is CCN1CCN(CCNC(=NC)NCCc2ccccc2F)CC1.I. The molecule has 0 saturated carbocycles. The summed E-state index contributed by atoms with van der Waals surface area (Å²) < 4.78 is 13.6. The number of guanidine groups is 1. The molecule has 2 rings (SSSR count). The molecular formula is C18H31FIN5. The zero-order chi connectivity index (χ0) is 17.2. The minimum atomic E-state index is -0.145. The predicted octanol–water partition coefficient (Wildman–Crippen LogP) is 1.79. The number of nitrogens with one attached hydrogen (secondary N) is 2. The van der Waals surface area contributed by atoms with Crippen LogP contribution in [0.1, 0.15) is 12.5 Å². The summed E-state index contributed by atoms with van der Waals surface area (Å²) in [5.74, 6) is 0.631. The van der Waals surface area contributed by atoms with Crippen molar-refractivity contribution in [2.24, 2.45) is 4.99 Å². The zero-order valence-electron chi connectivity index (χ0n) is 15.3. The van der Waals surface area contributed by atoms with Crippen molar-refractivity contribution in [2.75, 3.05) is 59.4 Å². The molecule has 0 atom stereocenters. The molecule has 1 fully saturated rings. The van der Waals surface area contributed by atoms with Crippen molar-refractivity contribution in [3.8, 4) is 0 Å². The van der Waals surface area contributed by atoms with Crippen LogP contribution in [-0.4, -0.2) is 75.2 Å². The van der Waals surface area contributed by atoms with Gasteiger partial charge in [0.25, 0.3) is 0 Å². The maximum absolute atomic E-state index is 13.6. The average Bonchev–Trinajstić information content (AvgIpc) is 2.62. The monoisotopic (exact) mass is 463 g/mol. The summed E-state index contributed by atoms with van der Waals surface area (Å²) in [6.45, 7) is 10.5. The summed E-state index contributed by atoms with van der Waals surface area (Å²) in [4.78, 5) is 9.18. The lowest BCUT2D eigenvalue weighted by atomic mass is 10.1. The lowest BCUT2D eigenvalue weighted by Gasteiger charge is -2.34. The molecule has 1 aromatic carbocycles. The number of hydrogen-bond acceptors (Lipinski definition) is 3. The zero-order valence-corrected chi connectivity index (χ0v) is 17.6. The Hall–Kier alpha value is -0.930. The van der Waals surface area contributed by atoms with E-state index in [2.05, 4.69) is 32.3 Å². The first-order valence-electron chi connectivity index (χ1n) is 8.85. The van der Waals surface area contributed by atoms with E-state index in [9.17, 15) is 4.39 Å². The highest BCUT2D eigenvalue weighted by molar-refractivity contribution is 14.0. The summed E-state index contributed by atoms with van der Waals surface area (Å²) in [7, 11) is 1.76. The number of rotatable bonds is 7. The van der Waals surface area contributed by atoms with E-state index in [0.717, 1.165) is 57.3 Å². The van der Waals surface area contributed by atoms with Crippen LogP contribution in [0.5, 0.6) is 0 Å². The fraction of sp³-hybridized carbons (Fsp3) is 0.611. The van der Waals surface area contributed by atoms with E-state index in [1.807, 2.05) is 12.1 Å². The van der Waals surface area contributed by atoms with E-state index in [4.69, 9.17) is 0 Å². The first-order valence-corrected chi connectivity index (χ1v) is 8.85. The molecule has 1 heterocycles. The Morgan fingerprint density at radius 1 is 1.08 bits per heavy atom. The minimum Gasteiger partial charge on any atom is -0.356 e. The van der Waals surface area contributed by atoms with Gasteiger partial charge < -0.3 is 15.5 Å². The van der Waals surface area contributed by atoms with Gasteiger partial charge in [-0.3, -0.25) is 9.89 Å². The van der Waals surface area contributed by atoms with Gasteiger partial charge in [-0.05, 0) is 24.6 Å². The van der Waals surface area contributed by atoms with Gasteiger partial charge >= 0.3 is 0 Å². The Labute approximate surface area is 168 Å². The van der Waals surface area contributed by atoms with Crippen LogP contribution in [0.2, 0.25) is 0 Å². The van der Waals surface area contributed by atoms with Crippen molar-refractivity contribution in [2.45, 2.75) is 13.3 Å². The van der Waals surface area contributed by atoms with Gasteiger partial charge in [-0.1, -0.05) is 25.1 Å². The van der Waals surface area contributed by atoms with Crippen molar-refractivity contribution < 1.29 is 4.39 Å². The van der Waals surface area contributed by atoms with Crippen molar-refractivity contribution in [1.82, 2.24) is 20.4 Å². The molecule has 0 unspecified atom stereocenters. The molecule has 142 valence electrons.